The molecule has 1 unspecified atom stereocenters. The number of hydrogen-bond donors (Lipinski definition) is 2. The van der Waals surface area contributed by atoms with Gasteiger partial charge in [0.1, 0.15) is 11.9 Å². The molecule has 0 saturated heterocycles. The number of nitrogens with zero attached hydrogens (tertiary/aromatic N) is 2. The van der Waals surface area contributed by atoms with E-state index in [1.54, 1.807) is 6.07 Å². The molecule has 17 heavy (non-hydrogen) atoms. The second-order valence-electron chi connectivity index (χ2n) is 4.30. The number of hydrogen-bond acceptors (Lipinski definition) is 5. The summed E-state index contributed by atoms with van der Waals surface area (Å²) in [5.41, 5.74) is 0.319. The molecule has 0 saturated carbocycles. The van der Waals surface area contributed by atoms with Crippen LogP contribution in [-0.4, -0.2) is 27.7 Å². The lowest BCUT2D eigenvalue weighted by atomic mass is 10.0. The predicted octanol–water partition coefficient (Wildman–Crippen LogP) is 1.81. The first-order valence-electron chi connectivity index (χ1n) is 5.50. The first-order valence-corrected chi connectivity index (χ1v) is 5.50. The molecule has 1 atom stereocenters. The quantitative estimate of drug-likeness (QED) is 0.583. The molecule has 1 heterocycles. The van der Waals surface area contributed by atoms with Crippen LogP contribution >= 0.6 is 0 Å². The number of aliphatic hydroxyl groups excluding tert-OH is 1. The van der Waals surface area contributed by atoms with E-state index in [9.17, 15) is 15.2 Å². The summed E-state index contributed by atoms with van der Waals surface area (Å²) in [6.07, 6.45) is 3.43. The molecule has 1 aromatic rings. The molecule has 2 N–H and O–H groups in total. The molecule has 0 radical (unpaired) electrons. The summed E-state index contributed by atoms with van der Waals surface area (Å²) in [7, 11) is 0. The summed E-state index contributed by atoms with van der Waals surface area (Å²) in [4.78, 5) is 14.0. The van der Waals surface area contributed by atoms with Gasteiger partial charge in [0.25, 0.3) is 0 Å². The van der Waals surface area contributed by atoms with E-state index in [1.165, 1.54) is 12.4 Å². The normalized spacial score (nSPS) is 12.5. The van der Waals surface area contributed by atoms with Gasteiger partial charge in [-0.15, -0.1) is 0 Å². The second kappa shape index (κ2) is 6.15. The van der Waals surface area contributed by atoms with E-state index in [-0.39, 0.29) is 18.3 Å². The summed E-state index contributed by atoms with van der Waals surface area (Å²) in [5.74, 6) is 0.403. The maximum Gasteiger partial charge on any atom is 0.310 e. The van der Waals surface area contributed by atoms with Crippen LogP contribution < -0.4 is 5.32 Å². The van der Waals surface area contributed by atoms with Gasteiger partial charge in [-0.05, 0) is 18.4 Å². The third-order valence-electron chi connectivity index (χ3n) is 2.33. The van der Waals surface area contributed by atoms with Crippen molar-refractivity contribution in [2.45, 2.75) is 26.3 Å². The highest BCUT2D eigenvalue weighted by molar-refractivity contribution is 5.60. The molecule has 0 spiro atoms. The lowest BCUT2D eigenvalue weighted by Crippen LogP contribution is -2.26. The van der Waals surface area contributed by atoms with Crippen molar-refractivity contribution in [2.75, 3.05) is 11.9 Å². The van der Waals surface area contributed by atoms with E-state index < -0.39 is 4.92 Å². The minimum absolute atomic E-state index is 0.0579. The van der Waals surface area contributed by atoms with Gasteiger partial charge in [-0.3, -0.25) is 15.1 Å². The van der Waals surface area contributed by atoms with Crippen molar-refractivity contribution in [1.82, 2.24) is 4.98 Å². The van der Waals surface area contributed by atoms with Gasteiger partial charge in [-0.1, -0.05) is 13.8 Å². The van der Waals surface area contributed by atoms with Crippen LogP contribution in [0.4, 0.5) is 11.4 Å². The van der Waals surface area contributed by atoms with Crippen molar-refractivity contribution in [2.24, 2.45) is 5.92 Å². The summed E-state index contributed by atoms with van der Waals surface area (Å²) in [6, 6.07) is 1.36. The van der Waals surface area contributed by atoms with Crippen LogP contribution in [0.1, 0.15) is 20.3 Å². The first-order chi connectivity index (χ1) is 8.04. The SMILES string of the molecule is CC(C)CC(CO)Nc1ccncc1[N+](=O)[O-]. The predicted molar refractivity (Wildman–Crippen MR) is 64.8 cm³/mol. The van der Waals surface area contributed by atoms with Crippen LogP contribution in [0.2, 0.25) is 0 Å². The molecule has 6 nitrogen and oxygen atoms in total. The fourth-order valence-corrected chi connectivity index (χ4v) is 1.62. The molecule has 94 valence electrons. The van der Waals surface area contributed by atoms with Gasteiger partial charge in [-0.2, -0.15) is 0 Å². The Bertz CT molecular complexity index is 382. The van der Waals surface area contributed by atoms with Crippen LogP contribution in [0, 0.1) is 16.0 Å². The van der Waals surface area contributed by atoms with Crippen LogP contribution in [0.25, 0.3) is 0 Å². The van der Waals surface area contributed by atoms with E-state index in [0.29, 0.717) is 11.6 Å². The number of pyridine rings is 1. The highest BCUT2D eigenvalue weighted by Crippen LogP contribution is 2.23. The number of aliphatic hydroxyl groups is 1. The van der Waals surface area contributed by atoms with E-state index in [2.05, 4.69) is 10.3 Å². The minimum atomic E-state index is -0.487. The number of aromatic nitrogens is 1. The smallest absolute Gasteiger partial charge is 0.310 e. The van der Waals surface area contributed by atoms with Gasteiger partial charge in [0.05, 0.1) is 11.5 Å². The number of nitro groups is 1. The lowest BCUT2D eigenvalue weighted by molar-refractivity contribution is -0.384. The highest BCUT2D eigenvalue weighted by Gasteiger charge is 2.17. The van der Waals surface area contributed by atoms with Gasteiger partial charge in [0.15, 0.2) is 0 Å². The van der Waals surface area contributed by atoms with Crippen molar-refractivity contribution in [3.8, 4) is 0 Å². The molecule has 6 heteroatoms. The zero-order valence-electron chi connectivity index (χ0n) is 9.96. The van der Waals surface area contributed by atoms with Crippen LogP contribution in [0.5, 0.6) is 0 Å². The Morgan fingerprint density at radius 3 is 2.82 bits per heavy atom. The maximum atomic E-state index is 10.8. The van der Waals surface area contributed by atoms with Crippen molar-refractivity contribution >= 4 is 11.4 Å². The minimum Gasteiger partial charge on any atom is -0.394 e. The number of nitrogens with one attached hydrogen (secondary N) is 1. The first kappa shape index (κ1) is 13.4. The summed E-state index contributed by atoms with van der Waals surface area (Å²) in [5, 5.41) is 23.0. The van der Waals surface area contributed by atoms with E-state index in [1.807, 2.05) is 13.8 Å². The third kappa shape index (κ3) is 3.99. The fraction of sp³-hybridized carbons (Fsp3) is 0.545. The zero-order chi connectivity index (χ0) is 12.8. The summed E-state index contributed by atoms with van der Waals surface area (Å²) >= 11 is 0. The van der Waals surface area contributed by atoms with Gasteiger partial charge < -0.3 is 10.4 Å². The molecule has 0 aliphatic heterocycles. The van der Waals surface area contributed by atoms with E-state index in [0.717, 1.165) is 6.42 Å². The van der Waals surface area contributed by atoms with Crippen molar-refractivity contribution in [3.05, 3.63) is 28.6 Å². The molecule has 0 amide bonds. The molecule has 0 aromatic carbocycles. The summed E-state index contributed by atoms with van der Waals surface area (Å²) in [6.45, 7) is 4.01. The lowest BCUT2D eigenvalue weighted by Gasteiger charge is -2.19. The molecule has 0 aliphatic rings. The Morgan fingerprint density at radius 1 is 1.59 bits per heavy atom. The zero-order valence-corrected chi connectivity index (χ0v) is 9.96. The van der Waals surface area contributed by atoms with Crippen molar-refractivity contribution in [3.63, 3.8) is 0 Å². The number of rotatable bonds is 6. The maximum absolute atomic E-state index is 10.8. The average molecular weight is 239 g/mol. The van der Waals surface area contributed by atoms with Crippen LogP contribution in [0.15, 0.2) is 18.5 Å². The molecule has 0 fully saturated rings. The molecular weight excluding hydrogens is 222 g/mol. The van der Waals surface area contributed by atoms with Crippen LogP contribution in [-0.2, 0) is 0 Å². The second-order valence-corrected chi connectivity index (χ2v) is 4.30. The summed E-state index contributed by atoms with van der Waals surface area (Å²) < 4.78 is 0. The van der Waals surface area contributed by atoms with Crippen molar-refractivity contribution in [1.29, 1.82) is 0 Å². The van der Waals surface area contributed by atoms with Crippen LogP contribution in [0.3, 0.4) is 0 Å². The topological polar surface area (TPSA) is 88.3 Å². The monoisotopic (exact) mass is 239 g/mol. The Hall–Kier alpha value is -1.69. The third-order valence-corrected chi connectivity index (χ3v) is 2.33. The Morgan fingerprint density at radius 2 is 2.29 bits per heavy atom. The standard InChI is InChI=1S/C11H17N3O3/c1-8(2)5-9(7-15)13-10-3-4-12-6-11(10)14(16)17/h3-4,6,8-9,15H,5,7H2,1-2H3,(H,12,13). The Labute approximate surface area is 99.8 Å². The van der Waals surface area contributed by atoms with Crippen molar-refractivity contribution < 1.29 is 10.0 Å². The van der Waals surface area contributed by atoms with E-state index in [4.69, 9.17) is 0 Å². The highest BCUT2D eigenvalue weighted by atomic mass is 16.6. The number of anilines is 1. The van der Waals surface area contributed by atoms with Gasteiger partial charge in [-0.25, -0.2) is 0 Å². The molecule has 1 aromatic heterocycles. The molecule has 0 bridgehead atoms. The molecule has 1 rings (SSSR count). The fourth-order valence-electron chi connectivity index (χ4n) is 1.62. The van der Waals surface area contributed by atoms with E-state index >= 15 is 0 Å². The molecular formula is C11H17N3O3. The van der Waals surface area contributed by atoms with Gasteiger partial charge >= 0.3 is 5.69 Å². The average Bonchev–Trinajstić information content (AvgIpc) is 2.28. The largest absolute Gasteiger partial charge is 0.394 e. The van der Waals surface area contributed by atoms with Gasteiger partial charge in [0.2, 0.25) is 0 Å². The Kier molecular flexibility index (Phi) is 4.84. The Balaban J connectivity index is 2.82. The molecule has 0 aliphatic carbocycles. The van der Waals surface area contributed by atoms with Gasteiger partial charge in [0, 0.05) is 12.2 Å².